The number of ether oxygens (including phenoxy) is 1. The third kappa shape index (κ3) is 7.81. The third-order valence-electron chi connectivity index (χ3n) is 8.23. The summed E-state index contributed by atoms with van der Waals surface area (Å²) in [7, 11) is -1.94. The van der Waals surface area contributed by atoms with Crippen LogP contribution in [0.1, 0.15) is 77.0 Å². The van der Waals surface area contributed by atoms with E-state index >= 15 is 0 Å². The Morgan fingerprint density at radius 3 is 2.31 bits per heavy atom. The highest BCUT2D eigenvalue weighted by molar-refractivity contribution is 6.74. The SMILES string of the molecule is CCCCOC(=O)N1CC2CC(CN(CCCC(O[Si](C)(C)C(C)(C)C)c3ccc(C#N)cc3)C2)C1. The van der Waals surface area contributed by atoms with Crippen molar-refractivity contribution in [3.8, 4) is 6.07 Å². The number of carbonyl (C=O) groups excluding carboxylic acids is 1. The van der Waals surface area contributed by atoms with Gasteiger partial charge in [-0.15, -0.1) is 0 Å². The lowest BCUT2D eigenvalue weighted by atomic mass is 9.84. The fourth-order valence-corrected chi connectivity index (χ4v) is 6.53. The van der Waals surface area contributed by atoms with E-state index < -0.39 is 8.32 Å². The number of likely N-dealkylation sites (tertiary alicyclic amines) is 2. The Morgan fingerprint density at radius 2 is 1.75 bits per heavy atom. The highest BCUT2D eigenvalue weighted by Gasteiger charge is 2.40. The van der Waals surface area contributed by atoms with E-state index in [1.54, 1.807) is 0 Å². The molecule has 1 amide bonds. The number of piperidine rings is 2. The molecule has 0 radical (unpaired) electrons. The van der Waals surface area contributed by atoms with Crippen LogP contribution in [0.15, 0.2) is 24.3 Å². The van der Waals surface area contributed by atoms with Crippen molar-refractivity contribution in [2.24, 2.45) is 11.8 Å². The molecule has 2 saturated heterocycles. The van der Waals surface area contributed by atoms with Gasteiger partial charge in [0.05, 0.1) is 24.3 Å². The van der Waals surface area contributed by atoms with Crippen molar-refractivity contribution in [2.75, 3.05) is 39.3 Å². The summed E-state index contributed by atoms with van der Waals surface area (Å²) in [6.07, 6.45) is 5.17. The van der Waals surface area contributed by atoms with E-state index in [9.17, 15) is 10.1 Å². The summed E-state index contributed by atoms with van der Waals surface area (Å²) >= 11 is 0. The number of nitriles is 1. The van der Waals surface area contributed by atoms with Gasteiger partial charge in [0.25, 0.3) is 0 Å². The minimum absolute atomic E-state index is 0.0521. The van der Waals surface area contributed by atoms with Crippen LogP contribution in [0.3, 0.4) is 0 Å². The van der Waals surface area contributed by atoms with E-state index in [0.717, 1.165) is 58.4 Å². The Kier molecular flexibility index (Phi) is 10.0. The summed E-state index contributed by atoms with van der Waals surface area (Å²) in [4.78, 5) is 17.0. The van der Waals surface area contributed by atoms with Gasteiger partial charge < -0.3 is 19.0 Å². The molecule has 3 rings (SSSR count). The highest BCUT2D eigenvalue weighted by atomic mass is 28.4. The molecule has 0 N–H and O–H groups in total. The number of benzene rings is 1. The molecule has 0 aromatic heterocycles. The van der Waals surface area contributed by atoms with Crippen LogP contribution in [0.25, 0.3) is 0 Å². The average molecular weight is 514 g/mol. The molecule has 3 unspecified atom stereocenters. The monoisotopic (exact) mass is 513 g/mol. The molecule has 6 nitrogen and oxygen atoms in total. The van der Waals surface area contributed by atoms with Crippen LogP contribution in [-0.4, -0.2) is 63.5 Å². The van der Waals surface area contributed by atoms with E-state index in [0.29, 0.717) is 24.0 Å². The lowest BCUT2D eigenvalue weighted by Crippen LogP contribution is -2.54. The van der Waals surface area contributed by atoms with Crippen molar-refractivity contribution < 1.29 is 14.0 Å². The zero-order valence-electron chi connectivity index (χ0n) is 23.4. The number of rotatable bonds is 10. The number of hydrogen-bond acceptors (Lipinski definition) is 5. The molecule has 2 bridgehead atoms. The summed E-state index contributed by atoms with van der Waals surface area (Å²) in [5.41, 5.74) is 1.86. The van der Waals surface area contributed by atoms with Crippen LogP contribution in [0.5, 0.6) is 0 Å². The van der Waals surface area contributed by atoms with Gasteiger partial charge in [-0.05, 0) is 79.9 Å². The second-order valence-electron chi connectivity index (χ2n) is 12.3. The van der Waals surface area contributed by atoms with E-state index in [1.807, 2.05) is 17.0 Å². The van der Waals surface area contributed by atoms with Gasteiger partial charge >= 0.3 is 6.09 Å². The van der Waals surface area contributed by atoms with E-state index in [2.05, 4.69) is 63.9 Å². The zero-order chi connectivity index (χ0) is 26.3. The first-order valence-corrected chi connectivity index (χ1v) is 16.7. The molecule has 7 heteroatoms. The standard InChI is InChI=1S/C29H47N3O3Si/c1-7-8-16-34-28(33)32-21-24-17-25(22-32)20-31(19-24)15-9-10-27(35-36(5,6)29(2,3)4)26-13-11-23(18-30)12-14-26/h11-14,24-25,27H,7-10,15-17,19-22H2,1-6H3. The maximum absolute atomic E-state index is 12.5. The number of amides is 1. The van der Waals surface area contributed by atoms with Crippen molar-refractivity contribution in [3.05, 3.63) is 35.4 Å². The quantitative estimate of drug-likeness (QED) is 0.261. The summed E-state index contributed by atoms with van der Waals surface area (Å²) in [6.45, 7) is 18.9. The summed E-state index contributed by atoms with van der Waals surface area (Å²) < 4.78 is 12.4. The lowest BCUT2D eigenvalue weighted by molar-refractivity contribution is 0.0207. The van der Waals surface area contributed by atoms with Gasteiger partial charge in [0.2, 0.25) is 0 Å². The Hall–Kier alpha value is -1.88. The van der Waals surface area contributed by atoms with Crippen molar-refractivity contribution in [1.82, 2.24) is 9.80 Å². The normalized spacial score (nSPS) is 21.6. The molecule has 2 fully saturated rings. The van der Waals surface area contributed by atoms with Crippen molar-refractivity contribution >= 4 is 14.4 Å². The minimum Gasteiger partial charge on any atom is -0.449 e. The molecule has 3 atom stereocenters. The second-order valence-corrected chi connectivity index (χ2v) is 17.1. The molecular formula is C29H47N3O3Si. The Balaban J connectivity index is 1.55. The molecule has 0 saturated carbocycles. The van der Waals surface area contributed by atoms with Gasteiger partial charge in [-0.3, -0.25) is 0 Å². The predicted molar refractivity (Wildman–Crippen MR) is 147 cm³/mol. The zero-order valence-corrected chi connectivity index (χ0v) is 24.4. The van der Waals surface area contributed by atoms with Gasteiger partial charge in [-0.25, -0.2) is 4.79 Å². The molecule has 1 aromatic carbocycles. The van der Waals surface area contributed by atoms with Gasteiger partial charge in [-0.2, -0.15) is 5.26 Å². The summed E-state index contributed by atoms with van der Waals surface area (Å²) in [6, 6.07) is 10.2. The molecule has 200 valence electrons. The minimum atomic E-state index is -1.94. The fourth-order valence-electron chi connectivity index (χ4n) is 5.21. The number of fused-ring (bicyclic) bond motifs is 2. The number of nitrogens with zero attached hydrogens (tertiary/aromatic N) is 3. The van der Waals surface area contributed by atoms with Gasteiger partial charge in [-0.1, -0.05) is 46.2 Å². The molecule has 36 heavy (non-hydrogen) atoms. The largest absolute Gasteiger partial charge is 0.449 e. The van der Waals surface area contributed by atoms with E-state index in [1.165, 1.54) is 12.0 Å². The second kappa shape index (κ2) is 12.6. The van der Waals surface area contributed by atoms with E-state index in [4.69, 9.17) is 9.16 Å². The Bertz CT molecular complexity index is 877. The number of hydrogen-bond donors (Lipinski definition) is 0. The number of carbonyl (C=O) groups is 1. The predicted octanol–water partition coefficient (Wildman–Crippen LogP) is 6.59. The topological polar surface area (TPSA) is 65.8 Å². The van der Waals surface area contributed by atoms with Crippen molar-refractivity contribution in [2.45, 2.75) is 84.0 Å². The van der Waals surface area contributed by atoms with Gasteiger partial charge in [0.1, 0.15) is 0 Å². The van der Waals surface area contributed by atoms with Gasteiger partial charge in [0.15, 0.2) is 8.32 Å². The first-order chi connectivity index (χ1) is 17.0. The van der Waals surface area contributed by atoms with Gasteiger partial charge in [0, 0.05) is 26.2 Å². The lowest BCUT2D eigenvalue weighted by Gasteiger charge is -2.45. The molecule has 2 aliphatic rings. The van der Waals surface area contributed by atoms with Crippen LogP contribution >= 0.6 is 0 Å². The van der Waals surface area contributed by atoms with E-state index in [-0.39, 0.29) is 17.2 Å². The molecule has 2 heterocycles. The average Bonchev–Trinajstić information content (AvgIpc) is 2.82. The van der Waals surface area contributed by atoms with Crippen LogP contribution in [0.4, 0.5) is 4.79 Å². The smallest absolute Gasteiger partial charge is 0.409 e. The Morgan fingerprint density at radius 1 is 1.11 bits per heavy atom. The third-order valence-corrected chi connectivity index (χ3v) is 12.7. The molecular weight excluding hydrogens is 466 g/mol. The van der Waals surface area contributed by atoms with Crippen molar-refractivity contribution in [1.29, 1.82) is 5.26 Å². The Labute approximate surface area is 220 Å². The highest BCUT2D eigenvalue weighted by Crippen LogP contribution is 2.41. The molecule has 0 aliphatic carbocycles. The summed E-state index contributed by atoms with van der Waals surface area (Å²) in [5.74, 6) is 1.07. The summed E-state index contributed by atoms with van der Waals surface area (Å²) in [5, 5.41) is 9.34. The van der Waals surface area contributed by atoms with Crippen molar-refractivity contribution in [3.63, 3.8) is 0 Å². The molecule has 2 aliphatic heterocycles. The molecule has 0 spiro atoms. The molecule has 1 aromatic rings. The first-order valence-electron chi connectivity index (χ1n) is 13.8. The first kappa shape index (κ1) is 28.7. The number of unbranched alkanes of at least 4 members (excludes halogenated alkanes) is 1. The fraction of sp³-hybridized carbons (Fsp3) is 0.724. The van der Waals surface area contributed by atoms with Crippen LogP contribution in [-0.2, 0) is 9.16 Å². The van der Waals surface area contributed by atoms with Crippen LogP contribution < -0.4 is 0 Å². The maximum atomic E-state index is 12.5. The van der Waals surface area contributed by atoms with Crippen LogP contribution in [0.2, 0.25) is 18.1 Å². The van der Waals surface area contributed by atoms with Crippen LogP contribution in [0, 0.1) is 23.2 Å². The maximum Gasteiger partial charge on any atom is 0.409 e.